The summed E-state index contributed by atoms with van der Waals surface area (Å²) in [6.07, 6.45) is 5.30. The van der Waals surface area contributed by atoms with E-state index < -0.39 is 0 Å². The van der Waals surface area contributed by atoms with Crippen molar-refractivity contribution in [2.45, 2.75) is 13.0 Å². The van der Waals surface area contributed by atoms with Crippen LogP contribution in [0.15, 0.2) is 42.3 Å². The highest BCUT2D eigenvalue weighted by Gasteiger charge is 2.07. The molecule has 0 spiro atoms. The van der Waals surface area contributed by atoms with Crippen LogP contribution in [0.4, 0.5) is 5.69 Å². The Labute approximate surface area is 109 Å². The van der Waals surface area contributed by atoms with Crippen LogP contribution in [0.2, 0.25) is 0 Å². The van der Waals surface area contributed by atoms with Crippen molar-refractivity contribution in [2.24, 2.45) is 0 Å². The maximum absolute atomic E-state index is 4.30. The lowest BCUT2D eigenvalue weighted by Gasteiger charge is -2.13. The highest BCUT2D eigenvalue weighted by Crippen LogP contribution is 2.23. The first-order valence-corrected chi connectivity index (χ1v) is 6.56. The Morgan fingerprint density at radius 2 is 2.00 bits per heavy atom. The normalized spacial score (nSPS) is 12.5. The number of fused-ring (bicyclic) bond motifs is 1. The van der Waals surface area contributed by atoms with Crippen LogP contribution in [0.25, 0.3) is 11.0 Å². The molecular weight excluding hydrogens is 244 g/mol. The van der Waals surface area contributed by atoms with E-state index in [2.05, 4.69) is 27.2 Å². The molecular formula is C13H12N4S. The van der Waals surface area contributed by atoms with Crippen LogP contribution < -0.4 is 5.32 Å². The van der Waals surface area contributed by atoms with E-state index in [0.29, 0.717) is 0 Å². The molecule has 2 aromatic heterocycles. The topological polar surface area (TPSA) is 50.7 Å². The average molecular weight is 256 g/mol. The summed E-state index contributed by atoms with van der Waals surface area (Å²) in [6.45, 7) is 2.12. The molecule has 0 saturated carbocycles. The van der Waals surface area contributed by atoms with E-state index in [1.165, 1.54) is 4.88 Å². The van der Waals surface area contributed by atoms with Crippen molar-refractivity contribution >= 4 is 28.1 Å². The third kappa shape index (κ3) is 2.17. The minimum absolute atomic E-state index is 0.242. The molecule has 0 aliphatic carbocycles. The van der Waals surface area contributed by atoms with Crippen molar-refractivity contribution in [1.29, 1.82) is 0 Å². The van der Waals surface area contributed by atoms with Crippen LogP contribution in [0.3, 0.4) is 0 Å². The van der Waals surface area contributed by atoms with Crippen molar-refractivity contribution < 1.29 is 0 Å². The van der Waals surface area contributed by atoms with E-state index in [4.69, 9.17) is 0 Å². The first kappa shape index (κ1) is 11.1. The van der Waals surface area contributed by atoms with Gasteiger partial charge in [0.25, 0.3) is 0 Å². The van der Waals surface area contributed by atoms with Gasteiger partial charge in [0.2, 0.25) is 0 Å². The van der Waals surface area contributed by atoms with Gasteiger partial charge in [-0.25, -0.2) is 0 Å². The third-order valence-electron chi connectivity index (χ3n) is 2.73. The number of hydrogen-bond donors (Lipinski definition) is 1. The Morgan fingerprint density at radius 1 is 1.17 bits per heavy atom. The summed E-state index contributed by atoms with van der Waals surface area (Å²) in [6, 6.07) is 6.25. The smallest absolute Gasteiger partial charge is 0.0907 e. The largest absolute Gasteiger partial charge is 0.378 e. The molecule has 0 bridgehead atoms. The molecule has 3 aromatic rings. The van der Waals surface area contributed by atoms with Crippen molar-refractivity contribution in [3.63, 3.8) is 0 Å². The van der Waals surface area contributed by atoms with Crippen LogP contribution in [-0.4, -0.2) is 15.0 Å². The van der Waals surface area contributed by atoms with Gasteiger partial charge in [0, 0.05) is 29.2 Å². The molecule has 1 aromatic carbocycles. The summed E-state index contributed by atoms with van der Waals surface area (Å²) in [5, 5.41) is 3.44. The molecule has 0 saturated heterocycles. The second-order valence-electron chi connectivity index (χ2n) is 4.03. The first-order valence-electron chi connectivity index (χ1n) is 5.68. The number of rotatable bonds is 3. The van der Waals surface area contributed by atoms with E-state index in [-0.39, 0.29) is 6.04 Å². The number of thiazole rings is 1. The molecule has 0 radical (unpaired) electrons. The lowest BCUT2D eigenvalue weighted by Crippen LogP contribution is -2.04. The Hall–Kier alpha value is -2.01. The molecule has 18 heavy (non-hydrogen) atoms. The molecule has 5 heteroatoms. The Kier molecular flexibility index (Phi) is 2.90. The molecule has 2 heterocycles. The van der Waals surface area contributed by atoms with Crippen molar-refractivity contribution in [2.75, 3.05) is 5.32 Å². The Bertz CT molecular complexity index is 651. The summed E-state index contributed by atoms with van der Waals surface area (Å²) >= 11 is 1.65. The van der Waals surface area contributed by atoms with Gasteiger partial charge in [0.05, 0.1) is 22.6 Å². The summed E-state index contributed by atoms with van der Waals surface area (Å²) in [7, 11) is 0. The van der Waals surface area contributed by atoms with E-state index in [1.807, 2.05) is 29.9 Å². The first-order chi connectivity index (χ1) is 8.83. The quantitative estimate of drug-likeness (QED) is 0.781. The van der Waals surface area contributed by atoms with E-state index in [9.17, 15) is 0 Å². The lowest BCUT2D eigenvalue weighted by molar-refractivity contribution is 0.904. The number of benzene rings is 1. The second-order valence-corrected chi connectivity index (χ2v) is 4.95. The monoisotopic (exact) mass is 256 g/mol. The predicted octanol–water partition coefficient (Wildman–Crippen LogP) is 3.26. The van der Waals surface area contributed by atoms with Gasteiger partial charge in [-0.1, -0.05) is 0 Å². The average Bonchev–Trinajstić information content (AvgIpc) is 2.92. The number of hydrogen-bond acceptors (Lipinski definition) is 5. The lowest BCUT2D eigenvalue weighted by atomic mass is 10.2. The second kappa shape index (κ2) is 4.70. The number of nitrogens with zero attached hydrogens (tertiary/aromatic N) is 3. The number of anilines is 1. The Balaban J connectivity index is 1.86. The van der Waals surface area contributed by atoms with Gasteiger partial charge < -0.3 is 5.32 Å². The van der Waals surface area contributed by atoms with Crippen molar-refractivity contribution in [3.8, 4) is 0 Å². The molecule has 0 fully saturated rings. The van der Waals surface area contributed by atoms with Gasteiger partial charge in [0.15, 0.2) is 0 Å². The summed E-state index contributed by atoms with van der Waals surface area (Å²) in [5.41, 5.74) is 4.70. The maximum Gasteiger partial charge on any atom is 0.0907 e. The van der Waals surface area contributed by atoms with E-state index in [1.54, 1.807) is 23.7 Å². The van der Waals surface area contributed by atoms with Gasteiger partial charge in [-0.15, -0.1) is 11.3 Å². The SMILES string of the molecule is CC(Nc1ccc2nccnc2c1)c1cncs1. The van der Waals surface area contributed by atoms with E-state index in [0.717, 1.165) is 16.7 Å². The molecule has 0 aliphatic heterocycles. The standard InChI is InChI=1S/C13H12N4S/c1-9(13-7-14-8-18-13)17-10-2-3-11-12(6-10)16-5-4-15-11/h2-9,17H,1H3. The summed E-state index contributed by atoms with van der Waals surface area (Å²) in [4.78, 5) is 13.9. The molecule has 0 aliphatic rings. The molecule has 1 N–H and O–H groups in total. The molecule has 1 unspecified atom stereocenters. The summed E-state index contributed by atoms with van der Waals surface area (Å²) < 4.78 is 0. The molecule has 4 nitrogen and oxygen atoms in total. The van der Waals surface area contributed by atoms with Gasteiger partial charge in [-0.2, -0.15) is 0 Å². The highest BCUT2D eigenvalue weighted by atomic mass is 32.1. The fraction of sp³-hybridized carbons (Fsp3) is 0.154. The van der Waals surface area contributed by atoms with Gasteiger partial charge in [-0.3, -0.25) is 15.0 Å². The zero-order valence-electron chi connectivity index (χ0n) is 9.87. The van der Waals surface area contributed by atoms with Crippen LogP contribution in [0.1, 0.15) is 17.8 Å². The minimum atomic E-state index is 0.242. The Morgan fingerprint density at radius 3 is 2.78 bits per heavy atom. The van der Waals surface area contributed by atoms with Crippen molar-refractivity contribution in [3.05, 3.63) is 47.2 Å². The molecule has 3 rings (SSSR count). The molecule has 1 atom stereocenters. The number of nitrogens with one attached hydrogen (secondary N) is 1. The van der Waals surface area contributed by atoms with Crippen LogP contribution >= 0.6 is 11.3 Å². The third-order valence-corrected chi connectivity index (χ3v) is 3.69. The van der Waals surface area contributed by atoms with Gasteiger partial charge >= 0.3 is 0 Å². The zero-order chi connectivity index (χ0) is 12.4. The van der Waals surface area contributed by atoms with Crippen molar-refractivity contribution in [1.82, 2.24) is 15.0 Å². The van der Waals surface area contributed by atoms with Crippen LogP contribution in [0.5, 0.6) is 0 Å². The van der Waals surface area contributed by atoms with Crippen LogP contribution in [-0.2, 0) is 0 Å². The summed E-state index contributed by atoms with van der Waals surface area (Å²) in [5.74, 6) is 0. The zero-order valence-corrected chi connectivity index (χ0v) is 10.7. The minimum Gasteiger partial charge on any atom is -0.378 e. The number of aromatic nitrogens is 3. The predicted molar refractivity (Wildman–Crippen MR) is 73.7 cm³/mol. The molecule has 90 valence electrons. The van der Waals surface area contributed by atoms with Crippen LogP contribution in [0, 0.1) is 0 Å². The maximum atomic E-state index is 4.30. The van der Waals surface area contributed by atoms with Gasteiger partial charge in [-0.05, 0) is 25.1 Å². The fourth-order valence-corrected chi connectivity index (χ4v) is 2.44. The van der Waals surface area contributed by atoms with Gasteiger partial charge in [0.1, 0.15) is 0 Å². The molecule has 0 amide bonds. The van der Waals surface area contributed by atoms with E-state index >= 15 is 0 Å². The fourth-order valence-electron chi connectivity index (χ4n) is 1.81. The highest BCUT2D eigenvalue weighted by molar-refractivity contribution is 7.09.